The molecule has 0 bridgehead atoms. The Morgan fingerprint density at radius 2 is 1.74 bits per heavy atom. The van der Waals surface area contributed by atoms with Gasteiger partial charge < -0.3 is 60.4 Å². The standard InChI is InChI=1S/C17H18FN3O3.C10H24N2O2.C9H7N7O2S/c18-13-7-11-14(8-15(13)20-5-3-19-4-6-20)21(10-1-2-10)9-12(16(11)22)17(23)24;1-3-9(7-13)11-5-6-12-10(4-2)8-14;1-15-4-14-7(16(17)18)9(15)19-8-5-6(11-2-10-5)12-3-13-8/h7-10,19H,1-6H2,(H,23,24);9-14H,3-8H2,1-2H3;2-4H,1H3,(H,10,11,12,13)/t;9-,10-;/m.0./s1. The molecular weight excluding hydrogens is 764 g/mol. The van der Waals surface area contributed by atoms with Crippen molar-refractivity contribution in [3.05, 3.63) is 69.0 Å². The first-order valence-corrected chi connectivity index (χ1v) is 19.6. The molecule has 1 saturated carbocycles. The molecule has 1 aromatic carbocycles. The highest BCUT2D eigenvalue weighted by Gasteiger charge is 2.28. The molecule has 308 valence electrons. The number of anilines is 1. The van der Waals surface area contributed by atoms with Gasteiger partial charge in [0.05, 0.1) is 30.7 Å². The molecule has 0 radical (unpaired) electrons. The predicted octanol–water partition coefficient (Wildman–Crippen LogP) is 2.44. The molecule has 5 heterocycles. The zero-order chi connectivity index (χ0) is 41.1. The van der Waals surface area contributed by atoms with Gasteiger partial charge in [0.25, 0.3) is 0 Å². The molecule has 7 N–H and O–H groups in total. The Morgan fingerprint density at radius 1 is 1.07 bits per heavy atom. The Morgan fingerprint density at radius 3 is 2.32 bits per heavy atom. The number of carboxylic acid groups (broad SMARTS) is 1. The number of nitrogens with zero attached hydrogens (tertiary/aromatic N) is 8. The van der Waals surface area contributed by atoms with Gasteiger partial charge in [0.1, 0.15) is 28.3 Å². The SMILES string of the molecule is CC[C@@H](CO)NCCN[C@@H](CC)CO.Cn1cnc([N+](=O)[O-])c1Sc1ncnc2nc[nH]c12.O=C(O)c1cn(C2CC2)c2cc(N3CCNCC3)c(F)cc2c1=O. The normalized spacial score (nSPS) is 15.1. The summed E-state index contributed by atoms with van der Waals surface area (Å²) in [5.74, 6) is -1.95. The van der Waals surface area contributed by atoms with Crippen molar-refractivity contribution < 1.29 is 29.4 Å². The molecule has 1 aliphatic carbocycles. The summed E-state index contributed by atoms with van der Waals surface area (Å²) in [6.45, 7) is 9.09. The number of carbonyl (C=O) groups is 1. The van der Waals surface area contributed by atoms with Gasteiger partial charge in [0, 0.05) is 76.0 Å². The fraction of sp³-hybridized carbons (Fsp3) is 0.500. The van der Waals surface area contributed by atoms with Crippen molar-refractivity contribution in [1.29, 1.82) is 0 Å². The lowest BCUT2D eigenvalue weighted by molar-refractivity contribution is -0.392. The van der Waals surface area contributed by atoms with Crippen molar-refractivity contribution in [3.63, 3.8) is 0 Å². The minimum Gasteiger partial charge on any atom is -0.477 e. The molecular formula is C36H49FN12O7S. The lowest BCUT2D eigenvalue weighted by Gasteiger charge is -2.30. The first-order chi connectivity index (χ1) is 27.5. The molecule has 2 atom stereocenters. The largest absolute Gasteiger partial charge is 0.477 e. The van der Waals surface area contributed by atoms with Gasteiger partial charge in [-0.05, 0) is 59.5 Å². The topological polar surface area (TPSA) is 255 Å². The van der Waals surface area contributed by atoms with E-state index in [2.05, 4.69) is 40.9 Å². The Bertz CT molecular complexity index is 2170. The molecule has 4 aromatic heterocycles. The maximum Gasteiger partial charge on any atom is 0.396 e. The number of aliphatic hydroxyl groups is 2. The number of nitrogens with one attached hydrogen (secondary N) is 4. The quantitative estimate of drug-likeness (QED) is 0.0347. The molecule has 21 heteroatoms. The van der Waals surface area contributed by atoms with Gasteiger partial charge in [0.2, 0.25) is 11.8 Å². The number of aliphatic hydroxyl groups excluding tert-OH is 2. The number of aryl methyl sites for hydroxylation is 1. The number of fused-ring (bicyclic) bond motifs is 2. The van der Waals surface area contributed by atoms with E-state index in [1.807, 2.05) is 23.3 Å². The fourth-order valence-electron chi connectivity index (χ4n) is 6.10. The minimum atomic E-state index is -1.28. The highest BCUT2D eigenvalue weighted by atomic mass is 32.2. The number of aromatic carboxylic acids is 1. The van der Waals surface area contributed by atoms with E-state index in [-0.39, 0.29) is 48.1 Å². The van der Waals surface area contributed by atoms with Gasteiger partial charge in [-0.15, -0.1) is 0 Å². The van der Waals surface area contributed by atoms with Crippen LogP contribution in [0.15, 0.2) is 52.2 Å². The summed E-state index contributed by atoms with van der Waals surface area (Å²) >= 11 is 1.15. The number of pyridine rings is 1. The molecule has 57 heavy (non-hydrogen) atoms. The highest BCUT2D eigenvalue weighted by molar-refractivity contribution is 7.99. The summed E-state index contributed by atoms with van der Waals surface area (Å²) < 4.78 is 18.0. The van der Waals surface area contributed by atoms with Crippen LogP contribution in [0.25, 0.3) is 22.1 Å². The van der Waals surface area contributed by atoms with Gasteiger partial charge in [-0.1, -0.05) is 13.8 Å². The Hall–Kier alpha value is -5.06. The summed E-state index contributed by atoms with van der Waals surface area (Å²) in [5, 5.41) is 48.8. The summed E-state index contributed by atoms with van der Waals surface area (Å²) in [5.41, 5.74) is 1.32. The third-order valence-electron chi connectivity index (χ3n) is 9.57. The Labute approximate surface area is 331 Å². The average molecular weight is 813 g/mol. The van der Waals surface area contributed by atoms with E-state index < -0.39 is 22.1 Å². The van der Waals surface area contributed by atoms with Gasteiger partial charge in [-0.2, -0.15) is 0 Å². The first-order valence-electron chi connectivity index (χ1n) is 18.7. The first kappa shape index (κ1) is 43.1. The zero-order valence-corrected chi connectivity index (χ0v) is 32.8. The monoisotopic (exact) mass is 812 g/mol. The second-order valence-electron chi connectivity index (χ2n) is 13.5. The van der Waals surface area contributed by atoms with Crippen LogP contribution in [0, 0.1) is 15.9 Å². The highest BCUT2D eigenvalue weighted by Crippen LogP contribution is 2.38. The number of piperazine rings is 1. The number of aromatic amines is 1. The molecule has 2 aliphatic rings. The smallest absolute Gasteiger partial charge is 0.396 e. The molecule has 0 spiro atoms. The van der Waals surface area contributed by atoms with E-state index in [0.29, 0.717) is 45.5 Å². The second-order valence-corrected chi connectivity index (χ2v) is 14.5. The van der Waals surface area contributed by atoms with Gasteiger partial charge in [-0.3, -0.25) is 4.79 Å². The summed E-state index contributed by atoms with van der Waals surface area (Å²) in [7, 11) is 1.69. The number of halogens is 1. The van der Waals surface area contributed by atoms with E-state index in [4.69, 9.17) is 10.2 Å². The minimum absolute atomic E-state index is 0.137. The molecule has 0 unspecified atom stereocenters. The van der Waals surface area contributed by atoms with Gasteiger partial charge >= 0.3 is 11.8 Å². The number of imidazole rings is 2. The summed E-state index contributed by atoms with van der Waals surface area (Å²) in [6, 6.07) is 3.48. The Balaban J connectivity index is 0.000000170. The van der Waals surface area contributed by atoms with Crippen LogP contribution < -0.4 is 26.3 Å². The maximum atomic E-state index is 14.6. The lowest BCUT2D eigenvalue weighted by atomic mass is 10.1. The van der Waals surface area contributed by atoms with E-state index in [9.17, 15) is 29.2 Å². The van der Waals surface area contributed by atoms with Crippen LogP contribution in [-0.4, -0.2) is 125 Å². The number of rotatable bonds is 15. The molecule has 7 rings (SSSR count). The summed E-state index contributed by atoms with van der Waals surface area (Å²) in [4.78, 5) is 54.9. The molecule has 1 saturated heterocycles. The van der Waals surface area contributed by atoms with Crippen molar-refractivity contribution in [2.45, 2.75) is 67.7 Å². The third-order valence-corrected chi connectivity index (χ3v) is 10.7. The molecule has 1 aliphatic heterocycles. The van der Waals surface area contributed by atoms with Crippen LogP contribution >= 0.6 is 11.8 Å². The fourth-order valence-corrected chi connectivity index (χ4v) is 7.05. The van der Waals surface area contributed by atoms with Crippen molar-refractivity contribution in [3.8, 4) is 0 Å². The Kier molecular flexibility index (Phi) is 15.4. The number of carboxylic acids is 1. The van der Waals surface area contributed by atoms with Crippen LogP contribution in [0.2, 0.25) is 0 Å². The average Bonchev–Trinajstić information content (AvgIpc) is 3.82. The van der Waals surface area contributed by atoms with Crippen molar-refractivity contribution in [2.75, 3.05) is 57.4 Å². The molecule has 0 amide bonds. The van der Waals surface area contributed by atoms with Crippen LogP contribution in [0.4, 0.5) is 15.9 Å². The van der Waals surface area contributed by atoms with E-state index >= 15 is 0 Å². The van der Waals surface area contributed by atoms with E-state index in [1.54, 1.807) is 17.7 Å². The number of nitro groups is 1. The van der Waals surface area contributed by atoms with Crippen molar-refractivity contribution >= 4 is 51.3 Å². The van der Waals surface area contributed by atoms with Crippen LogP contribution in [0.3, 0.4) is 0 Å². The number of hydrogen-bond donors (Lipinski definition) is 7. The molecule has 19 nitrogen and oxygen atoms in total. The van der Waals surface area contributed by atoms with E-state index in [1.165, 1.54) is 31.2 Å². The van der Waals surface area contributed by atoms with Crippen molar-refractivity contribution in [1.82, 2.24) is 50.0 Å². The van der Waals surface area contributed by atoms with Crippen LogP contribution in [-0.2, 0) is 7.05 Å². The number of aromatic nitrogens is 7. The molecule has 2 fully saturated rings. The number of H-pyrrole nitrogens is 1. The van der Waals surface area contributed by atoms with Crippen LogP contribution in [0.1, 0.15) is 55.9 Å². The summed E-state index contributed by atoms with van der Waals surface area (Å²) in [6.07, 6.45) is 9.43. The third kappa shape index (κ3) is 10.9. The van der Waals surface area contributed by atoms with Crippen LogP contribution in [0.5, 0.6) is 0 Å². The molecule has 5 aromatic rings. The number of hydrogen-bond acceptors (Lipinski definition) is 15. The van der Waals surface area contributed by atoms with Gasteiger partial charge in [0.15, 0.2) is 10.7 Å². The van der Waals surface area contributed by atoms with Gasteiger partial charge in [-0.25, -0.2) is 24.1 Å². The number of benzene rings is 1. The van der Waals surface area contributed by atoms with Crippen molar-refractivity contribution in [2.24, 2.45) is 7.05 Å². The lowest BCUT2D eigenvalue weighted by Crippen LogP contribution is -2.43. The predicted molar refractivity (Wildman–Crippen MR) is 212 cm³/mol. The van der Waals surface area contributed by atoms with E-state index in [0.717, 1.165) is 63.6 Å². The maximum absolute atomic E-state index is 14.6. The second kappa shape index (κ2) is 20.4. The zero-order valence-electron chi connectivity index (χ0n) is 32.0.